The predicted octanol–water partition coefficient (Wildman–Crippen LogP) is 2.36. The molecular formula is C13H15NO. The zero-order valence-electron chi connectivity index (χ0n) is 8.89. The molecule has 1 aromatic carbocycles. The van der Waals surface area contributed by atoms with E-state index >= 15 is 0 Å². The molecule has 78 valence electrons. The molecular weight excluding hydrogens is 186 g/mol. The number of carbonyl (C=O) groups is 1. The summed E-state index contributed by atoms with van der Waals surface area (Å²) in [6, 6.07) is 10.4. The van der Waals surface area contributed by atoms with Gasteiger partial charge in [0.15, 0.2) is 0 Å². The number of hydrogen-bond donors (Lipinski definition) is 0. The first kappa shape index (κ1) is 9.97. The Morgan fingerprint density at radius 1 is 1.33 bits per heavy atom. The van der Waals surface area contributed by atoms with Crippen LogP contribution in [0.15, 0.2) is 42.5 Å². The van der Waals surface area contributed by atoms with Crippen LogP contribution in [0.3, 0.4) is 0 Å². The quantitative estimate of drug-likeness (QED) is 0.719. The molecule has 1 aliphatic heterocycles. The number of benzene rings is 1. The van der Waals surface area contributed by atoms with Gasteiger partial charge in [0.05, 0.1) is 0 Å². The molecule has 0 aromatic heterocycles. The minimum absolute atomic E-state index is 0.123. The van der Waals surface area contributed by atoms with Crippen LogP contribution < -0.4 is 0 Å². The van der Waals surface area contributed by atoms with E-state index in [2.05, 4.69) is 19.1 Å². The van der Waals surface area contributed by atoms with Crippen molar-refractivity contribution in [3.05, 3.63) is 48.0 Å². The van der Waals surface area contributed by atoms with E-state index in [1.165, 1.54) is 5.56 Å². The predicted molar refractivity (Wildman–Crippen MR) is 60.2 cm³/mol. The summed E-state index contributed by atoms with van der Waals surface area (Å²) in [5.41, 5.74) is 1.19. The Morgan fingerprint density at radius 3 is 2.73 bits per heavy atom. The normalized spacial score (nSPS) is 20.7. The van der Waals surface area contributed by atoms with Gasteiger partial charge in [-0.05, 0) is 25.0 Å². The highest BCUT2D eigenvalue weighted by molar-refractivity contribution is 5.88. The molecule has 0 saturated carbocycles. The van der Waals surface area contributed by atoms with E-state index < -0.39 is 0 Å². The lowest BCUT2D eigenvalue weighted by atomic mass is 10.1. The van der Waals surface area contributed by atoms with Crippen LogP contribution in [0, 0.1) is 0 Å². The molecule has 1 aromatic rings. The molecule has 1 heterocycles. The summed E-state index contributed by atoms with van der Waals surface area (Å²) in [5.74, 6) is 0.123. The van der Waals surface area contributed by atoms with Gasteiger partial charge in [0.2, 0.25) is 5.91 Å². The second kappa shape index (κ2) is 4.30. The zero-order chi connectivity index (χ0) is 10.7. The van der Waals surface area contributed by atoms with Gasteiger partial charge in [0, 0.05) is 12.6 Å². The van der Waals surface area contributed by atoms with E-state index in [0.29, 0.717) is 12.6 Å². The van der Waals surface area contributed by atoms with E-state index in [1.54, 1.807) is 6.08 Å². The first-order chi connectivity index (χ1) is 7.27. The lowest BCUT2D eigenvalue weighted by molar-refractivity contribution is -0.129. The third-order valence-electron chi connectivity index (χ3n) is 2.75. The van der Waals surface area contributed by atoms with Gasteiger partial charge in [0.25, 0.3) is 0 Å². The molecule has 1 amide bonds. The molecule has 0 bridgehead atoms. The van der Waals surface area contributed by atoms with Crippen LogP contribution in [-0.2, 0) is 11.3 Å². The van der Waals surface area contributed by atoms with Crippen LogP contribution in [0.5, 0.6) is 0 Å². The third kappa shape index (κ3) is 2.27. The maximum Gasteiger partial charge on any atom is 0.246 e. The Morgan fingerprint density at radius 2 is 2.07 bits per heavy atom. The molecule has 1 unspecified atom stereocenters. The molecule has 2 nitrogen and oxygen atoms in total. The van der Waals surface area contributed by atoms with Crippen molar-refractivity contribution in [2.45, 2.75) is 25.9 Å². The molecule has 0 N–H and O–H groups in total. The van der Waals surface area contributed by atoms with E-state index in [1.807, 2.05) is 29.2 Å². The standard InChI is InChI=1S/C13H15NO/c1-11-6-5-9-13(15)14(11)10-12-7-3-2-4-8-12/h2-5,7-9,11H,6,10H2,1H3. The minimum atomic E-state index is 0.123. The van der Waals surface area contributed by atoms with Gasteiger partial charge in [-0.3, -0.25) is 4.79 Å². The van der Waals surface area contributed by atoms with E-state index in [0.717, 1.165) is 6.42 Å². The highest BCUT2D eigenvalue weighted by Crippen LogP contribution is 2.15. The lowest BCUT2D eigenvalue weighted by Gasteiger charge is -2.30. The average molecular weight is 201 g/mol. The SMILES string of the molecule is CC1CC=CC(=O)N1Cc1ccccc1. The number of carbonyl (C=O) groups excluding carboxylic acids is 1. The Bertz CT molecular complexity index is 369. The van der Waals surface area contributed by atoms with Gasteiger partial charge in [0.1, 0.15) is 0 Å². The highest BCUT2D eigenvalue weighted by atomic mass is 16.2. The smallest absolute Gasteiger partial charge is 0.246 e. The van der Waals surface area contributed by atoms with Crippen molar-refractivity contribution >= 4 is 5.91 Å². The van der Waals surface area contributed by atoms with Gasteiger partial charge >= 0.3 is 0 Å². The first-order valence-corrected chi connectivity index (χ1v) is 5.28. The van der Waals surface area contributed by atoms with Crippen LogP contribution in [-0.4, -0.2) is 16.8 Å². The molecule has 1 aliphatic rings. The van der Waals surface area contributed by atoms with Crippen molar-refractivity contribution in [3.8, 4) is 0 Å². The summed E-state index contributed by atoms with van der Waals surface area (Å²) in [5, 5.41) is 0. The monoisotopic (exact) mass is 201 g/mol. The molecule has 0 fully saturated rings. The van der Waals surface area contributed by atoms with Crippen LogP contribution in [0.4, 0.5) is 0 Å². The number of hydrogen-bond acceptors (Lipinski definition) is 1. The Labute approximate surface area is 90.2 Å². The van der Waals surface area contributed by atoms with Gasteiger partial charge in [-0.25, -0.2) is 0 Å². The first-order valence-electron chi connectivity index (χ1n) is 5.28. The Hall–Kier alpha value is -1.57. The fraction of sp³-hybridized carbons (Fsp3) is 0.308. The summed E-state index contributed by atoms with van der Waals surface area (Å²) in [4.78, 5) is 13.6. The fourth-order valence-corrected chi connectivity index (χ4v) is 1.82. The second-order valence-corrected chi connectivity index (χ2v) is 3.94. The lowest BCUT2D eigenvalue weighted by Crippen LogP contribution is -2.38. The summed E-state index contributed by atoms with van der Waals surface area (Å²) >= 11 is 0. The van der Waals surface area contributed by atoms with Gasteiger partial charge in [-0.2, -0.15) is 0 Å². The number of nitrogens with zero attached hydrogens (tertiary/aromatic N) is 1. The van der Waals surface area contributed by atoms with Crippen LogP contribution in [0.2, 0.25) is 0 Å². The summed E-state index contributed by atoms with van der Waals surface area (Å²) < 4.78 is 0. The maximum atomic E-state index is 11.6. The molecule has 1 atom stereocenters. The van der Waals surface area contributed by atoms with Gasteiger partial charge in [-0.15, -0.1) is 0 Å². The van der Waals surface area contributed by atoms with Gasteiger partial charge < -0.3 is 4.90 Å². The largest absolute Gasteiger partial charge is 0.332 e. The minimum Gasteiger partial charge on any atom is -0.332 e. The Balaban J connectivity index is 2.11. The number of amides is 1. The number of rotatable bonds is 2. The summed E-state index contributed by atoms with van der Waals surface area (Å²) in [6.45, 7) is 2.80. The molecule has 2 heteroatoms. The summed E-state index contributed by atoms with van der Waals surface area (Å²) in [6.07, 6.45) is 4.58. The van der Waals surface area contributed by atoms with Crippen molar-refractivity contribution in [3.63, 3.8) is 0 Å². The van der Waals surface area contributed by atoms with Crippen molar-refractivity contribution in [2.75, 3.05) is 0 Å². The van der Waals surface area contributed by atoms with Crippen LogP contribution in [0.25, 0.3) is 0 Å². The van der Waals surface area contributed by atoms with E-state index in [-0.39, 0.29) is 5.91 Å². The fourth-order valence-electron chi connectivity index (χ4n) is 1.82. The second-order valence-electron chi connectivity index (χ2n) is 3.94. The molecule has 0 saturated heterocycles. The molecule has 0 radical (unpaired) electrons. The topological polar surface area (TPSA) is 20.3 Å². The zero-order valence-corrected chi connectivity index (χ0v) is 8.89. The van der Waals surface area contributed by atoms with E-state index in [4.69, 9.17) is 0 Å². The van der Waals surface area contributed by atoms with Crippen molar-refractivity contribution in [1.29, 1.82) is 0 Å². The molecule has 0 aliphatic carbocycles. The Kier molecular flexibility index (Phi) is 2.86. The molecule has 15 heavy (non-hydrogen) atoms. The molecule has 2 rings (SSSR count). The van der Waals surface area contributed by atoms with Gasteiger partial charge in [-0.1, -0.05) is 36.4 Å². The maximum absolute atomic E-state index is 11.6. The van der Waals surface area contributed by atoms with Crippen LogP contribution in [0.1, 0.15) is 18.9 Å². The third-order valence-corrected chi connectivity index (χ3v) is 2.75. The van der Waals surface area contributed by atoms with Crippen molar-refractivity contribution < 1.29 is 4.79 Å². The highest BCUT2D eigenvalue weighted by Gasteiger charge is 2.20. The van der Waals surface area contributed by atoms with E-state index in [9.17, 15) is 4.79 Å². The summed E-state index contributed by atoms with van der Waals surface area (Å²) in [7, 11) is 0. The average Bonchev–Trinajstić information content (AvgIpc) is 2.25. The molecule has 0 spiro atoms. The van der Waals surface area contributed by atoms with Crippen molar-refractivity contribution in [1.82, 2.24) is 4.90 Å². The van der Waals surface area contributed by atoms with Crippen molar-refractivity contribution in [2.24, 2.45) is 0 Å². The van der Waals surface area contributed by atoms with Crippen LogP contribution >= 0.6 is 0 Å².